The first kappa shape index (κ1) is 72.0. The monoisotopic (exact) mass is 1060 g/mol. The van der Waals surface area contributed by atoms with E-state index in [0.717, 1.165) is 161 Å². The van der Waals surface area contributed by atoms with E-state index >= 15 is 0 Å². The van der Waals surface area contributed by atoms with E-state index in [4.69, 9.17) is 14.2 Å². The summed E-state index contributed by atoms with van der Waals surface area (Å²) >= 11 is 0. The summed E-state index contributed by atoms with van der Waals surface area (Å²) in [5, 5.41) is 0. The summed E-state index contributed by atoms with van der Waals surface area (Å²) < 4.78 is 16.8. The molecule has 0 saturated carbocycles. The molecule has 77 heavy (non-hydrogen) atoms. The molecule has 0 rings (SSSR count). The van der Waals surface area contributed by atoms with Gasteiger partial charge in [-0.1, -0.05) is 249 Å². The molecule has 0 aliphatic heterocycles. The van der Waals surface area contributed by atoms with Crippen LogP contribution in [-0.4, -0.2) is 37.2 Å². The largest absolute Gasteiger partial charge is 0.462 e. The molecule has 0 aliphatic rings. The van der Waals surface area contributed by atoms with E-state index in [-0.39, 0.29) is 37.5 Å². The van der Waals surface area contributed by atoms with E-state index in [0.29, 0.717) is 19.3 Å². The third-order valence-corrected chi connectivity index (χ3v) is 12.5. The van der Waals surface area contributed by atoms with Gasteiger partial charge in [0.25, 0.3) is 0 Å². The Morgan fingerprint density at radius 1 is 0.273 bits per heavy atom. The predicted molar refractivity (Wildman–Crippen MR) is 334 cm³/mol. The van der Waals surface area contributed by atoms with Crippen molar-refractivity contribution in [2.75, 3.05) is 13.2 Å². The van der Waals surface area contributed by atoms with E-state index in [1.54, 1.807) is 0 Å². The van der Waals surface area contributed by atoms with Crippen LogP contribution in [0.3, 0.4) is 0 Å². The van der Waals surface area contributed by atoms with E-state index in [9.17, 15) is 14.4 Å². The van der Waals surface area contributed by atoms with Crippen LogP contribution in [0.25, 0.3) is 0 Å². The van der Waals surface area contributed by atoms with Gasteiger partial charge in [0.2, 0.25) is 0 Å². The molecule has 0 aliphatic carbocycles. The van der Waals surface area contributed by atoms with E-state index < -0.39 is 6.10 Å². The lowest BCUT2D eigenvalue weighted by molar-refractivity contribution is -0.167. The van der Waals surface area contributed by atoms with Gasteiger partial charge in [0, 0.05) is 19.3 Å². The number of allylic oxidation sites excluding steroid dienone is 26. The van der Waals surface area contributed by atoms with E-state index in [1.807, 2.05) is 0 Å². The number of hydrogen-bond donors (Lipinski definition) is 0. The molecule has 0 saturated heterocycles. The fraction of sp³-hybridized carbons (Fsp3) is 0.592. The number of ether oxygens (including phenoxy) is 3. The van der Waals surface area contributed by atoms with Gasteiger partial charge in [-0.2, -0.15) is 0 Å². The first-order valence-corrected chi connectivity index (χ1v) is 31.0. The lowest BCUT2D eigenvalue weighted by Crippen LogP contribution is -2.30. The Hall–Kier alpha value is -4.97. The van der Waals surface area contributed by atoms with Crippen molar-refractivity contribution < 1.29 is 28.6 Å². The average Bonchev–Trinajstić information content (AvgIpc) is 3.43. The lowest BCUT2D eigenvalue weighted by atomic mass is 10.1. The molecule has 0 aromatic heterocycles. The zero-order chi connectivity index (χ0) is 55.7. The quantitative estimate of drug-likeness (QED) is 0.0261. The molecule has 1 unspecified atom stereocenters. The van der Waals surface area contributed by atoms with Gasteiger partial charge >= 0.3 is 17.9 Å². The Morgan fingerprint density at radius 3 is 0.818 bits per heavy atom. The maximum atomic E-state index is 12.8. The normalized spacial score (nSPS) is 13.2. The fourth-order valence-corrected chi connectivity index (χ4v) is 7.92. The van der Waals surface area contributed by atoms with Crippen LogP contribution in [0.2, 0.25) is 0 Å². The van der Waals surface area contributed by atoms with Crippen LogP contribution in [0.4, 0.5) is 0 Å². The molecule has 1 atom stereocenters. The molecule has 0 amide bonds. The highest BCUT2D eigenvalue weighted by Crippen LogP contribution is 2.14. The minimum Gasteiger partial charge on any atom is -0.462 e. The van der Waals surface area contributed by atoms with Gasteiger partial charge in [0.15, 0.2) is 6.10 Å². The highest BCUT2D eigenvalue weighted by Gasteiger charge is 2.19. The average molecular weight is 1060 g/mol. The van der Waals surface area contributed by atoms with Crippen LogP contribution in [0.1, 0.15) is 252 Å². The molecule has 0 aromatic carbocycles. The second kappa shape index (κ2) is 63.6. The lowest BCUT2D eigenvalue weighted by Gasteiger charge is -2.18. The molecule has 0 fully saturated rings. The van der Waals surface area contributed by atoms with Crippen molar-refractivity contribution in [2.24, 2.45) is 0 Å². The van der Waals surface area contributed by atoms with Gasteiger partial charge in [0.05, 0.1) is 0 Å². The van der Waals surface area contributed by atoms with Crippen molar-refractivity contribution in [3.8, 4) is 0 Å². The summed E-state index contributed by atoms with van der Waals surface area (Å²) in [5.74, 6) is -0.976. The second-order valence-corrected chi connectivity index (χ2v) is 19.8. The van der Waals surface area contributed by atoms with E-state index in [2.05, 4.69) is 179 Å². The van der Waals surface area contributed by atoms with Gasteiger partial charge in [-0.15, -0.1) is 0 Å². The molecule has 0 N–H and O–H groups in total. The van der Waals surface area contributed by atoms with Gasteiger partial charge in [-0.05, 0) is 141 Å². The number of carbonyl (C=O) groups is 3. The van der Waals surface area contributed by atoms with Crippen molar-refractivity contribution in [1.29, 1.82) is 0 Å². The summed E-state index contributed by atoms with van der Waals surface area (Å²) in [5.41, 5.74) is 0. The number of hydrogen-bond acceptors (Lipinski definition) is 6. The molecule has 0 spiro atoms. The number of esters is 3. The Balaban J connectivity index is 4.33. The smallest absolute Gasteiger partial charge is 0.306 e. The van der Waals surface area contributed by atoms with Crippen LogP contribution in [0.5, 0.6) is 0 Å². The third-order valence-electron chi connectivity index (χ3n) is 12.5. The Bertz CT molecular complexity index is 1740. The van der Waals surface area contributed by atoms with Crippen LogP contribution in [0.15, 0.2) is 158 Å². The summed E-state index contributed by atoms with van der Waals surface area (Å²) in [6.07, 6.45) is 92.5. The number of rotatable bonds is 54. The van der Waals surface area contributed by atoms with Crippen LogP contribution >= 0.6 is 0 Å². The minimum absolute atomic E-state index is 0.109. The standard InChI is InChI=1S/C71H112O6/c1-4-7-10-13-16-19-22-25-27-28-29-30-31-32-33-34-35-36-37-38-39-40-41-42-44-46-49-52-55-58-61-64-70(73)76-67-68(66-75-69(72)63-60-57-54-51-48-45-24-21-18-15-12-9-6-3)77-71(74)65-62-59-56-53-50-47-43-26-23-20-17-14-11-8-5-2/h7-8,10-12,15-17,19-21,24-27,29-30,32-33,35-36,38-39,43,50,53,68H,4-6,9,13-14,18,22-23,28,31,34,37,40-42,44-49,51-52,54-67H2,1-3H3/b10-7-,11-8-,15-12-,19-16-,20-17-,24-21-,27-25-,30-29-,33-32-,36-35-,39-38-,43-26-,53-50-. The van der Waals surface area contributed by atoms with Crippen molar-refractivity contribution in [3.63, 3.8) is 0 Å². The maximum absolute atomic E-state index is 12.8. The van der Waals surface area contributed by atoms with Crippen LogP contribution < -0.4 is 0 Å². The molecule has 0 heterocycles. The number of unbranched alkanes of at least 4 members (excludes halogenated alkanes) is 17. The van der Waals surface area contributed by atoms with Crippen molar-refractivity contribution in [1.82, 2.24) is 0 Å². The number of carbonyl (C=O) groups excluding carboxylic acids is 3. The molecule has 6 nitrogen and oxygen atoms in total. The summed E-state index contributed by atoms with van der Waals surface area (Å²) in [6, 6.07) is 0. The summed E-state index contributed by atoms with van der Waals surface area (Å²) in [7, 11) is 0. The first-order valence-electron chi connectivity index (χ1n) is 31.0. The highest BCUT2D eigenvalue weighted by molar-refractivity contribution is 5.71. The Morgan fingerprint density at radius 2 is 0.506 bits per heavy atom. The van der Waals surface area contributed by atoms with Crippen molar-refractivity contribution in [2.45, 2.75) is 258 Å². The van der Waals surface area contributed by atoms with Gasteiger partial charge < -0.3 is 14.2 Å². The minimum atomic E-state index is -0.815. The van der Waals surface area contributed by atoms with Gasteiger partial charge in [-0.25, -0.2) is 0 Å². The summed E-state index contributed by atoms with van der Waals surface area (Å²) in [4.78, 5) is 38.2. The van der Waals surface area contributed by atoms with E-state index in [1.165, 1.54) is 44.9 Å². The first-order chi connectivity index (χ1) is 38.0. The van der Waals surface area contributed by atoms with Crippen molar-refractivity contribution in [3.05, 3.63) is 158 Å². The highest BCUT2D eigenvalue weighted by atomic mass is 16.6. The zero-order valence-corrected chi connectivity index (χ0v) is 49.4. The van der Waals surface area contributed by atoms with Crippen LogP contribution in [-0.2, 0) is 28.6 Å². The molecular weight excluding hydrogens is 949 g/mol. The molecule has 6 heteroatoms. The van der Waals surface area contributed by atoms with Gasteiger partial charge in [0.1, 0.15) is 13.2 Å². The second-order valence-electron chi connectivity index (χ2n) is 19.8. The molecule has 0 bridgehead atoms. The molecule has 0 aromatic rings. The van der Waals surface area contributed by atoms with Gasteiger partial charge in [-0.3, -0.25) is 14.4 Å². The Labute approximate surface area is 473 Å². The summed E-state index contributed by atoms with van der Waals surface area (Å²) in [6.45, 7) is 6.28. The third kappa shape index (κ3) is 61.8. The molecule has 0 radical (unpaired) electrons. The molecular formula is C71H112O6. The zero-order valence-electron chi connectivity index (χ0n) is 49.4. The predicted octanol–water partition coefficient (Wildman–Crippen LogP) is 21.3. The van der Waals surface area contributed by atoms with Crippen molar-refractivity contribution >= 4 is 17.9 Å². The SMILES string of the molecule is CC/C=C\C/C=C\C/C=C\C/C=C\C/C=C\C/C=C\C/C=C\CCCCCCCCCCCC(=O)OCC(COC(=O)CCCCCCC/C=C\C/C=C\CCC)OC(=O)CCCC/C=C\C/C=C\C/C=C\C/C=C\CC. The fourth-order valence-electron chi connectivity index (χ4n) is 7.92. The molecule has 432 valence electrons. The van der Waals surface area contributed by atoms with Crippen LogP contribution in [0, 0.1) is 0 Å². The Kier molecular flexibility index (Phi) is 59.5. The maximum Gasteiger partial charge on any atom is 0.306 e. The topological polar surface area (TPSA) is 78.9 Å².